The number of carboxylic acid groups (broad SMARTS) is 1. The molecule has 0 bridgehead atoms. The van der Waals surface area contributed by atoms with Gasteiger partial charge in [0.1, 0.15) is 11.3 Å². The number of H-pyrrole nitrogens is 1. The lowest BCUT2D eigenvalue weighted by atomic mass is 10.1. The first-order valence-electron chi connectivity index (χ1n) is 4.04. The average Bonchev–Trinajstić information content (AvgIpc) is 2.58. The van der Waals surface area contributed by atoms with Gasteiger partial charge in [-0.1, -0.05) is 6.07 Å². The second kappa shape index (κ2) is 3.02. The van der Waals surface area contributed by atoms with Gasteiger partial charge in [0.05, 0.1) is 18.3 Å². The lowest BCUT2D eigenvalue weighted by Crippen LogP contribution is -2.00. The molecule has 2 aromatic rings. The van der Waals surface area contributed by atoms with Crippen molar-refractivity contribution in [3.63, 3.8) is 0 Å². The third-order valence-electron chi connectivity index (χ3n) is 1.98. The summed E-state index contributed by atoms with van der Waals surface area (Å²) in [6.45, 7) is 0. The van der Waals surface area contributed by atoms with Crippen molar-refractivity contribution in [1.29, 1.82) is 0 Å². The number of nitrogens with zero attached hydrogens (tertiary/aromatic N) is 1. The summed E-state index contributed by atoms with van der Waals surface area (Å²) in [7, 11) is 0. The predicted molar refractivity (Wildman–Crippen MR) is 49.1 cm³/mol. The molecule has 0 spiro atoms. The molecule has 0 radical (unpaired) electrons. The molecule has 3 N–H and O–H groups in total. The van der Waals surface area contributed by atoms with Crippen molar-refractivity contribution in [2.75, 3.05) is 0 Å². The highest BCUT2D eigenvalue weighted by Gasteiger charge is 2.09. The maximum atomic E-state index is 10.5. The third kappa shape index (κ3) is 1.28. The summed E-state index contributed by atoms with van der Waals surface area (Å²) >= 11 is 0. The summed E-state index contributed by atoms with van der Waals surface area (Å²) in [4.78, 5) is 17.2. The Balaban J connectivity index is 2.60. The molecule has 0 aliphatic rings. The van der Waals surface area contributed by atoms with Gasteiger partial charge in [-0.05, 0) is 11.6 Å². The van der Waals surface area contributed by atoms with Gasteiger partial charge in [-0.2, -0.15) is 0 Å². The Bertz CT molecular complexity index is 490. The Morgan fingerprint density at radius 1 is 1.50 bits per heavy atom. The number of phenols is 1. The Morgan fingerprint density at radius 3 is 3.00 bits per heavy atom. The summed E-state index contributed by atoms with van der Waals surface area (Å²) < 4.78 is 0. The molecule has 0 aliphatic heterocycles. The zero-order chi connectivity index (χ0) is 10.1. The van der Waals surface area contributed by atoms with Crippen LogP contribution in [0, 0.1) is 0 Å². The monoisotopic (exact) mass is 192 g/mol. The van der Waals surface area contributed by atoms with Gasteiger partial charge in [-0.25, -0.2) is 4.98 Å². The molecule has 0 saturated heterocycles. The van der Waals surface area contributed by atoms with Gasteiger partial charge >= 0.3 is 5.97 Å². The van der Waals surface area contributed by atoms with Crippen LogP contribution >= 0.6 is 0 Å². The molecule has 0 fully saturated rings. The van der Waals surface area contributed by atoms with E-state index in [0.717, 1.165) is 0 Å². The summed E-state index contributed by atoms with van der Waals surface area (Å²) in [6, 6.07) is 3.02. The van der Waals surface area contributed by atoms with Crippen LogP contribution in [0.15, 0.2) is 18.5 Å². The summed E-state index contributed by atoms with van der Waals surface area (Å²) in [6.07, 6.45) is 1.33. The molecular weight excluding hydrogens is 184 g/mol. The van der Waals surface area contributed by atoms with Crippen molar-refractivity contribution >= 4 is 17.0 Å². The van der Waals surface area contributed by atoms with Crippen LogP contribution in [0.4, 0.5) is 0 Å². The van der Waals surface area contributed by atoms with E-state index in [1.54, 1.807) is 6.07 Å². The number of aromatic hydroxyl groups is 1. The first-order chi connectivity index (χ1) is 6.68. The number of aromatic amines is 1. The second-order valence-corrected chi connectivity index (χ2v) is 2.94. The van der Waals surface area contributed by atoms with E-state index in [4.69, 9.17) is 5.11 Å². The highest BCUT2D eigenvalue weighted by molar-refractivity contribution is 5.87. The summed E-state index contributed by atoms with van der Waals surface area (Å²) in [5.41, 5.74) is 1.57. The molecule has 2 rings (SSSR count). The number of aliphatic carboxylic acids is 1. The van der Waals surface area contributed by atoms with Crippen LogP contribution in [0.1, 0.15) is 5.56 Å². The van der Waals surface area contributed by atoms with Gasteiger partial charge in [0.15, 0.2) is 0 Å². The molecule has 1 aromatic heterocycles. The highest BCUT2D eigenvalue weighted by atomic mass is 16.4. The smallest absolute Gasteiger partial charge is 0.307 e. The molecule has 14 heavy (non-hydrogen) atoms. The number of carbonyl (C=O) groups is 1. The highest BCUT2D eigenvalue weighted by Crippen LogP contribution is 2.24. The minimum Gasteiger partial charge on any atom is -0.506 e. The number of carboxylic acids is 1. The summed E-state index contributed by atoms with van der Waals surface area (Å²) in [5, 5.41) is 18.0. The molecule has 0 amide bonds. The maximum absolute atomic E-state index is 10.5. The van der Waals surface area contributed by atoms with Gasteiger partial charge < -0.3 is 15.2 Å². The number of hydrogen-bond acceptors (Lipinski definition) is 3. The van der Waals surface area contributed by atoms with Crippen molar-refractivity contribution < 1.29 is 15.0 Å². The normalized spacial score (nSPS) is 10.6. The number of phenolic OH excluding ortho intramolecular Hbond substituents is 1. The fourth-order valence-corrected chi connectivity index (χ4v) is 1.38. The summed E-state index contributed by atoms with van der Waals surface area (Å²) in [5.74, 6) is -0.841. The Kier molecular flexibility index (Phi) is 1.85. The van der Waals surface area contributed by atoms with Gasteiger partial charge in [-0.3, -0.25) is 4.79 Å². The minimum absolute atomic E-state index is 0.0756. The molecule has 0 aliphatic carbocycles. The van der Waals surface area contributed by atoms with Crippen molar-refractivity contribution in [2.45, 2.75) is 6.42 Å². The topological polar surface area (TPSA) is 86.2 Å². The van der Waals surface area contributed by atoms with Crippen molar-refractivity contribution in [3.8, 4) is 5.75 Å². The Labute approximate surface area is 79.0 Å². The molecule has 0 unspecified atom stereocenters. The number of hydrogen-bond donors (Lipinski definition) is 3. The molecule has 0 saturated carbocycles. The number of nitrogens with one attached hydrogen (secondary N) is 1. The second-order valence-electron chi connectivity index (χ2n) is 2.94. The predicted octanol–water partition coefficient (Wildman–Crippen LogP) is 0.896. The van der Waals surface area contributed by atoms with E-state index in [9.17, 15) is 9.90 Å². The first-order valence-corrected chi connectivity index (χ1v) is 4.04. The van der Waals surface area contributed by atoms with Gasteiger partial charge in [0.2, 0.25) is 0 Å². The lowest BCUT2D eigenvalue weighted by molar-refractivity contribution is -0.136. The van der Waals surface area contributed by atoms with E-state index in [0.29, 0.717) is 16.6 Å². The van der Waals surface area contributed by atoms with Gasteiger partial charge in [0.25, 0.3) is 0 Å². The number of fused-ring (bicyclic) bond motifs is 1. The molecular formula is C9H8N2O3. The molecule has 0 atom stereocenters. The molecule has 72 valence electrons. The largest absolute Gasteiger partial charge is 0.506 e. The van der Waals surface area contributed by atoms with Crippen LogP contribution in [0.25, 0.3) is 11.0 Å². The SMILES string of the molecule is O=C(O)Cc1ccc(O)c2[nH]cnc12. The molecule has 5 heteroatoms. The Morgan fingerprint density at radius 2 is 2.29 bits per heavy atom. The van der Waals surface area contributed by atoms with E-state index >= 15 is 0 Å². The van der Waals surface area contributed by atoms with Crippen molar-refractivity contribution in [1.82, 2.24) is 9.97 Å². The van der Waals surface area contributed by atoms with E-state index in [2.05, 4.69) is 9.97 Å². The Hall–Kier alpha value is -2.04. The van der Waals surface area contributed by atoms with Gasteiger partial charge in [0, 0.05) is 0 Å². The van der Waals surface area contributed by atoms with Crippen LogP contribution in [-0.2, 0) is 11.2 Å². The fourth-order valence-electron chi connectivity index (χ4n) is 1.38. The quantitative estimate of drug-likeness (QED) is 0.659. The number of imidazole rings is 1. The van der Waals surface area contributed by atoms with E-state index < -0.39 is 5.97 Å². The van der Waals surface area contributed by atoms with Crippen LogP contribution in [0.2, 0.25) is 0 Å². The first kappa shape index (κ1) is 8.55. The average molecular weight is 192 g/mol. The van der Waals surface area contributed by atoms with Gasteiger partial charge in [-0.15, -0.1) is 0 Å². The zero-order valence-electron chi connectivity index (χ0n) is 7.19. The fraction of sp³-hybridized carbons (Fsp3) is 0.111. The van der Waals surface area contributed by atoms with Crippen LogP contribution in [0.5, 0.6) is 5.75 Å². The zero-order valence-corrected chi connectivity index (χ0v) is 7.19. The van der Waals surface area contributed by atoms with Crippen molar-refractivity contribution in [3.05, 3.63) is 24.0 Å². The number of benzene rings is 1. The van der Waals surface area contributed by atoms with Crippen LogP contribution in [-0.4, -0.2) is 26.2 Å². The number of aromatic nitrogens is 2. The molecule has 5 nitrogen and oxygen atoms in total. The van der Waals surface area contributed by atoms with E-state index in [1.165, 1.54) is 12.4 Å². The minimum atomic E-state index is -0.917. The lowest BCUT2D eigenvalue weighted by Gasteiger charge is -1.99. The van der Waals surface area contributed by atoms with Crippen molar-refractivity contribution in [2.24, 2.45) is 0 Å². The van der Waals surface area contributed by atoms with Crippen LogP contribution in [0.3, 0.4) is 0 Å². The van der Waals surface area contributed by atoms with E-state index in [1.807, 2.05) is 0 Å². The van der Waals surface area contributed by atoms with Crippen LogP contribution < -0.4 is 0 Å². The molecule has 1 heterocycles. The van der Waals surface area contributed by atoms with E-state index in [-0.39, 0.29) is 12.2 Å². The maximum Gasteiger partial charge on any atom is 0.307 e. The standard InChI is InChI=1S/C9H8N2O3/c12-6-2-1-5(3-7(13)14)8-9(6)11-4-10-8/h1-2,4,12H,3H2,(H,10,11)(H,13,14). The third-order valence-corrected chi connectivity index (χ3v) is 1.98. The molecule has 1 aromatic carbocycles. The number of rotatable bonds is 2.